The van der Waals surface area contributed by atoms with Crippen LogP contribution in [0.4, 0.5) is 0 Å². The SMILES string of the molecule is COC(C)(C)C#Cc1nc(C2CC2)n(Cc2ccc(C)cc2)c1C(=O)CCc1ccc(C(=O)O)cc1. The first-order valence-electron chi connectivity index (χ1n) is 12.3. The Morgan fingerprint density at radius 1 is 1.08 bits per heavy atom. The second-order valence-electron chi connectivity index (χ2n) is 9.90. The van der Waals surface area contributed by atoms with Crippen LogP contribution in [0.5, 0.6) is 0 Å². The number of Topliss-reactive ketones (excluding diaryl/α,β-unsaturated/α-hetero) is 1. The van der Waals surface area contributed by atoms with Crippen LogP contribution in [-0.4, -0.2) is 39.1 Å². The Balaban J connectivity index is 1.69. The predicted octanol–water partition coefficient (Wildman–Crippen LogP) is 5.41. The largest absolute Gasteiger partial charge is 0.478 e. The Morgan fingerprint density at radius 3 is 2.31 bits per heavy atom. The Morgan fingerprint density at radius 2 is 1.72 bits per heavy atom. The topological polar surface area (TPSA) is 81.4 Å². The van der Waals surface area contributed by atoms with Crippen molar-refractivity contribution in [2.75, 3.05) is 7.11 Å². The normalized spacial score (nSPS) is 13.2. The maximum Gasteiger partial charge on any atom is 0.335 e. The number of ketones is 1. The number of methoxy groups -OCH3 is 1. The Hall–Kier alpha value is -3.69. The van der Waals surface area contributed by atoms with Crippen LogP contribution in [0.2, 0.25) is 0 Å². The minimum atomic E-state index is -0.965. The summed E-state index contributed by atoms with van der Waals surface area (Å²) in [5, 5.41) is 9.13. The van der Waals surface area contributed by atoms with E-state index >= 15 is 0 Å². The number of hydrogen-bond donors (Lipinski definition) is 1. The van der Waals surface area contributed by atoms with Crippen molar-refractivity contribution in [2.45, 2.75) is 64.5 Å². The third-order valence-corrected chi connectivity index (χ3v) is 6.50. The molecule has 0 bridgehead atoms. The van der Waals surface area contributed by atoms with E-state index in [0.29, 0.717) is 30.3 Å². The average Bonchev–Trinajstić information content (AvgIpc) is 3.64. The number of carbonyl (C=O) groups excluding carboxylic acids is 1. The van der Waals surface area contributed by atoms with Gasteiger partial charge in [-0.3, -0.25) is 4.79 Å². The number of hydrogen-bond acceptors (Lipinski definition) is 4. The number of imidazole rings is 1. The molecule has 0 radical (unpaired) electrons. The molecule has 2 aromatic carbocycles. The van der Waals surface area contributed by atoms with Crippen molar-refractivity contribution in [1.82, 2.24) is 9.55 Å². The van der Waals surface area contributed by atoms with Crippen molar-refractivity contribution >= 4 is 11.8 Å². The number of carboxylic acid groups (broad SMARTS) is 1. The number of benzene rings is 2. The van der Waals surface area contributed by atoms with Crippen LogP contribution in [-0.2, 0) is 17.7 Å². The quantitative estimate of drug-likeness (QED) is 0.325. The zero-order chi connectivity index (χ0) is 25.9. The minimum absolute atomic E-state index is 0.0247. The van der Waals surface area contributed by atoms with Crippen LogP contribution in [0, 0.1) is 18.8 Å². The molecular formula is C30H32N2O4. The highest BCUT2D eigenvalue weighted by Gasteiger charge is 2.33. The summed E-state index contributed by atoms with van der Waals surface area (Å²) in [6, 6.07) is 15.0. The monoisotopic (exact) mass is 484 g/mol. The molecule has 0 aliphatic heterocycles. The third-order valence-electron chi connectivity index (χ3n) is 6.50. The van der Waals surface area contributed by atoms with E-state index in [-0.39, 0.29) is 17.8 Å². The molecule has 1 heterocycles. The molecule has 0 unspecified atom stereocenters. The van der Waals surface area contributed by atoms with Gasteiger partial charge in [0.15, 0.2) is 5.78 Å². The number of ether oxygens (including phenoxy) is 1. The van der Waals surface area contributed by atoms with Crippen LogP contribution in [0.1, 0.15) is 88.1 Å². The summed E-state index contributed by atoms with van der Waals surface area (Å²) in [6.07, 6.45) is 2.90. The average molecular weight is 485 g/mol. The standard InChI is InChI=1S/C30H32N2O4/c1-20-5-7-22(8-6-20)19-32-27(26(33)16-11-21-9-12-24(13-10-21)29(34)35)25(17-18-30(2,3)36-4)31-28(32)23-14-15-23/h5-10,12-13,23H,11,14-16,19H2,1-4H3,(H,34,35). The van der Waals surface area contributed by atoms with Gasteiger partial charge in [-0.05, 0) is 69.2 Å². The van der Waals surface area contributed by atoms with Crippen molar-refractivity contribution in [2.24, 2.45) is 0 Å². The van der Waals surface area contributed by atoms with Crippen molar-refractivity contribution in [1.29, 1.82) is 0 Å². The van der Waals surface area contributed by atoms with Crippen LogP contribution >= 0.6 is 0 Å². The fourth-order valence-corrected chi connectivity index (χ4v) is 3.98. The number of carbonyl (C=O) groups is 2. The maximum absolute atomic E-state index is 13.7. The highest BCUT2D eigenvalue weighted by atomic mass is 16.5. The summed E-state index contributed by atoms with van der Waals surface area (Å²) in [4.78, 5) is 29.7. The fourth-order valence-electron chi connectivity index (χ4n) is 3.98. The first-order chi connectivity index (χ1) is 17.2. The van der Waals surface area contributed by atoms with E-state index in [1.165, 1.54) is 5.56 Å². The molecule has 1 saturated carbocycles. The first kappa shape index (κ1) is 25.4. The Labute approximate surface area is 212 Å². The number of nitrogens with zero attached hydrogens (tertiary/aromatic N) is 2. The Bertz CT molecular complexity index is 1320. The second kappa shape index (κ2) is 10.5. The van der Waals surface area contributed by atoms with Gasteiger partial charge in [0.1, 0.15) is 22.8 Å². The summed E-state index contributed by atoms with van der Waals surface area (Å²) in [7, 11) is 1.61. The lowest BCUT2D eigenvalue weighted by Gasteiger charge is -2.14. The van der Waals surface area contributed by atoms with Crippen LogP contribution < -0.4 is 0 Å². The lowest BCUT2D eigenvalue weighted by molar-refractivity contribution is 0.0696. The van der Waals surface area contributed by atoms with E-state index in [1.807, 2.05) is 13.8 Å². The molecule has 1 aliphatic rings. The van der Waals surface area contributed by atoms with E-state index in [4.69, 9.17) is 14.8 Å². The van der Waals surface area contributed by atoms with Gasteiger partial charge in [-0.25, -0.2) is 9.78 Å². The van der Waals surface area contributed by atoms with Gasteiger partial charge >= 0.3 is 5.97 Å². The van der Waals surface area contributed by atoms with Gasteiger partial charge in [0.2, 0.25) is 0 Å². The molecule has 36 heavy (non-hydrogen) atoms. The Kier molecular flexibility index (Phi) is 7.42. The van der Waals surface area contributed by atoms with Gasteiger partial charge < -0.3 is 14.4 Å². The van der Waals surface area contributed by atoms with E-state index < -0.39 is 11.6 Å². The molecule has 4 rings (SSSR count). The van der Waals surface area contributed by atoms with Crippen molar-refractivity contribution < 1.29 is 19.4 Å². The van der Waals surface area contributed by atoms with Crippen molar-refractivity contribution in [3.05, 3.63) is 88.0 Å². The molecule has 3 aromatic rings. The molecule has 1 aliphatic carbocycles. The summed E-state index contributed by atoms with van der Waals surface area (Å²) >= 11 is 0. The van der Waals surface area contributed by atoms with Gasteiger partial charge in [0, 0.05) is 26.0 Å². The molecule has 6 heteroatoms. The lowest BCUT2D eigenvalue weighted by Crippen LogP contribution is -2.19. The summed E-state index contributed by atoms with van der Waals surface area (Å²) in [5.41, 5.74) is 3.81. The third kappa shape index (κ3) is 6.10. The van der Waals surface area contributed by atoms with Crippen molar-refractivity contribution in [3.63, 3.8) is 0 Å². The maximum atomic E-state index is 13.7. The second-order valence-corrected chi connectivity index (χ2v) is 9.90. The number of aromatic nitrogens is 2. The fraction of sp³-hybridized carbons (Fsp3) is 0.367. The van der Waals surface area contributed by atoms with Crippen molar-refractivity contribution in [3.8, 4) is 11.8 Å². The molecule has 0 atom stereocenters. The van der Waals surface area contributed by atoms with Gasteiger partial charge in [0.05, 0.1) is 5.56 Å². The van der Waals surface area contributed by atoms with Gasteiger partial charge in [0.25, 0.3) is 0 Å². The molecule has 1 aromatic heterocycles. The highest BCUT2D eigenvalue weighted by Crippen LogP contribution is 2.40. The van der Waals surface area contributed by atoms with E-state index in [1.54, 1.807) is 31.4 Å². The van der Waals surface area contributed by atoms with Crippen LogP contribution in [0.25, 0.3) is 0 Å². The molecular weight excluding hydrogens is 452 g/mol. The zero-order valence-corrected chi connectivity index (χ0v) is 21.3. The van der Waals surface area contributed by atoms with E-state index in [0.717, 1.165) is 29.8 Å². The lowest BCUT2D eigenvalue weighted by atomic mass is 10.0. The number of aryl methyl sites for hydroxylation is 2. The molecule has 0 saturated heterocycles. The molecule has 1 fully saturated rings. The molecule has 186 valence electrons. The predicted molar refractivity (Wildman–Crippen MR) is 139 cm³/mol. The van der Waals surface area contributed by atoms with Crippen LogP contribution in [0.3, 0.4) is 0 Å². The number of aromatic carboxylic acids is 1. The van der Waals surface area contributed by atoms with E-state index in [2.05, 4.69) is 47.6 Å². The first-order valence-corrected chi connectivity index (χ1v) is 12.3. The highest BCUT2D eigenvalue weighted by molar-refractivity contribution is 5.97. The smallest absolute Gasteiger partial charge is 0.335 e. The molecule has 0 spiro atoms. The van der Waals surface area contributed by atoms with Gasteiger partial charge in [-0.1, -0.05) is 47.9 Å². The summed E-state index contributed by atoms with van der Waals surface area (Å²) in [5.74, 6) is 6.55. The molecule has 1 N–H and O–H groups in total. The molecule has 0 amide bonds. The van der Waals surface area contributed by atoms with Gasteiger partial charge in [-0.15, -0.1) is 0 Å². The number of carboxylic acids is 1. The van der Waals surface area contributed by atoms with Crippen LogP contribution in [0.15, 0.2) is 48.5 Å². The zero-order valence-electron chi connectivity index (χ0n) is 21.3. The molecule has 6 nitrogen and oxygen atoms in total. The number of rotatable bonds is 9. The minimum Gasteiger partial charge on any atom is -0.478 e. The summed E-state index contributed by atoms with van der Waals surface area (Å²) in [6.45, 7) is 6.38. The summed E-state index contributed by atoms with van der Waals surface area (Å²) < 4.78 is 7.52. The van der Waals surface area contributed by atoms with Gasteiger partial charge in [-0.2, -0.15) is 0 Å². The van der Waals surface area contributed by atoms with E-state index in [9.17, 15) is 9.59 Å².